The van der Waals surface area contributed by atoms with E-state index in [0.29, 0.717) is 0 Å². The van der Waals surface area contributed by atoms with Crippen molar-refractivity contribution in [3.63, 3.8) is 0 Å². The van der Waals surface area contributed by atoms with Crippen molar-refractivity contribution in [2.75, 3.05) is 13.7 Å². The molecule has 0 saturated carbocycles. The van der Waals surface area contributed by atoms with Gasteiger partial charge in [0.25, 0.3) is 0 Å². The number of aliphatic hydroxyl groups excluding tert-OH is 1. The maximum Gasteiger partial charge on any atom is 0.124 e. The highest BCUT2D eigenvalue weighted by Gasteiger charge is 2.15. The molecule has 1 aliphatic rings. The number of hydrogen-bond donors (Lipinski definition) is 1. The molecule has 0 radical (unpaired) electrons. The van der Waals surface area contributed by atoms with Gasteiger partial charge in [-0.3, -0.25) is 0 Å². The first-order valence-electron chi connectivity index (χ1n) is 4.28. The van der Waals surface area contributed by atoms with Crippen LogP contribution in [0.25, 0.3) is 0 Å². The zero-order valence-electron chi connectivity index (χ0n) is 7.54. The number of methoxy groups -OCH3 is 1. The van der Waals surface area contributed by atoms with Crippen LogP contribution in [0.5, 0.6) is 11.5 Å². The molecular weight excluding hydrogens is 168 g/mol. The van der Waals surface area contributed by atoms with Crippen LogP contribution in [0.2, 0.25) is 0 Å². The van der Waals surface area contributed by atoms with E-state index >= 15 is 0 Å². The highest BCUT2D eigenvalue weighted by Crippen LogP contribution is 2.32. The second-order valence-electron chi connectivity index (χ2n) is 3.03. The number of aliphatic hydroxyl groups is 1. The lowest BCUT2D eigenvalue weighted by Gasteiger charge is -2.08. The van der Waals surface area contributed by atoms with Gasteiger partial charge < -0.3 is 14.6 Å². The third-order valence-electron chi connectivity index (χ3n) is 2.26. The molecule has 13 heavy (non-hydrogen) atoms. The predicted molar refractivity (Wildman–Crippen MR) is 48.1 cm³/mol. The van der Waals surface area contributed by atoms with Crippen molar-refractivity contribution in [3.05, 3.63) is 23.3 Å². The molecule has 2 rings (SSSR count). The van der Waals surface area contributed by atoms with Crippen LogP contribution in [0.15, 0.2) is 12.1 Å². The molecule has 0 aromatic heterocycles. The Labute approximate surface area is 76.9 Å². The Bertz CT molecular complexity index is 289. The van der Waals surface area contributed by atoms with Gasteiger partial charge in [0.05, 0.1) is 20.3 Å². The lowest BCUT2D eigenvalue weighted by atomic mass is 10.1. The molecular formula is C10H12O3. The summed E-state index contributed by atoms with van der Waals surface area (Å²) in [6, 6.07) is 3.79. The Morgan fingerprint density at radius 1 is 1.54 bits per heavy atom. The van der Waals surface area contributed by atoms with Crippen LogP contribution in [-0.4, -0.2) is 18.8 Å². The molecule has 1 heterocycles. The fraction of sp³-hybridized carbons (Fsp3) is 0.400. The van der Waals surface area contributed by atoms with E-state index in [2.05, 4.69) is 0 Å². The largest absolute Gasteiger partial charge is 0.496 e. The smallest absolute Gasteiger partial charge is 0.124 e. The first-order chi connectivity index (χ1) is 6.35. The molecule has 0 unspecified atom stereocenters. The topological polar surface area (TPSA) is 38.7 Å². The lowest BCUT2D eigenvalue weighted by molar-refractivity contribution is 0.272. The van der Waals surface area contributed by atoms with Crippen LogP contribution >= 0.6 is 0 Å². The SMILES string of the molecule is COc1cc2c(cc1CO)OCC2. The summed E-state index contributed by atoms with van der Waals surface area (Å²) in [5, 5.41) is 9.05. The van der Waals surface area contributed by atoms with E-state index < -0.39 is 0 Å². The Morgan fingerprint density at radius 2 is 2.38 bits per heavy atom. The molecule has 70 valence electrons. The second kappa shape index (κ2) is 3.26. The summed E-state index contributed by atoms with van der Waals surface area (Å²) in [6.07, 6.45) is 0.928. The number of benzene rings is 1. The molecule has 1 aromatic rings. The predicted octanol–water partition coefficient (Wildman–Crippen LogP) is 1.12. The number of ether oxygens (including phenoxy) is 2. The average molecular weight is 180 g/mol. The number of fused-ring (bicyclic) bond motifs is 1. The maximum absolute atomic E-state index is 9.05. The van der Waals surface area contributed by atoms with Crippen LogP contribution in [0.1, 0.15) is 11.1 Å². The maximum atomic E-state index is 9.05. The van der Waals surface area contributed by atoms with Gasteiger partial charge in [0.2, 0.25) is 0 Å². The van der Waals surface area contributed by atoms with Crippen molar-refractivity contribution in [2.45, 2.75) is 13.0 Å². The van der Waals surface area contributed by atoms with Gasteiger partial charge >= 0.3 is 0 Å². The van der Waals surface area contributed by atoms with E-state index in [1.807, 2.05) is 12.1 Å². The molecule has 0 bridgehead atoms. The van der Waals surface area contributed by atoms with Gasteiger partial charge in [0, 0.05) is 17.5 Å². The average Bonchev–Trinajstić information content (AvgIpc) is 2.62. The summed E-state index contributed by atoms with van der Waals surface area (Å²) in [5.74, 6) is 1.62. The Hall–Kier alpha value is -1.22. The van der Waals surface area contributed by atoms with Crippen LogP contribution in [0.4, 0.5) is 0 Å². The van der Waals surface area contributed by atoms with E-state index in [9.17, 15) is 0 Å². The molecule has 1 aromatic carbocycles. The molecule has 0 aliphatic carbocycles. The molecule has 1 aliphatic heterocycles. The molecule has 0 spiro atoms. The molecule has 0 atom stereocenters. The monoisotopic (exact) mass is 180 g/mol. The van der Waals surface area contributed by atoms with Crippen LogP contribution < -0.4 is 9.47 Å². The first-order valence-corrected chi connectivity index (χ1v) is 4.28. The molecule has 0 saturated heterocycles. The number of hydrogen-bond acceptors (Lipinski definition) is 3. The Morgan fingerprint density at radius 3 is 3.08 bits per heavy atom. The fourth-order valence-corrected chi connectivity index (χ4v) is 1.56. The quantitative estimate of drug-likeness (QED) is 0.741. The van der Waals surface area contributed by atoms with E-state index in [-0.39, 0.29) is 6.61 Å². The molecule has 0 fully saturated rings. The van der Waals surface area contributed by atoms with Gasteiger partial charge in [-0.2, -0.15) is 0 Å². The van der Waals surface area contributed by atoms with E-state index in [1.165, 1.54) is 0 Å². The van der Waals surface area contributed by atoms with Crippen molar-refractivity contribution in [1.29, 1.82) is 0 Å². The van der Waals surface area contributed by atoms with Crippen molar-refractivity contribution in [3.8, 4) is 11.5 Å². The van der Waals surface area contributed by atoms with Gasteiger partial charge in [0.15, 0.2) is 0 Å². The van der Waals surface area contributed by atoms with Crippen molar-refractivity contribution in [1.82, 2.24) is 0 Å². The lowest BCUT2D eigenvalue weighted by Crippen LogP contribution is -1.93. The minimum atomic E-state index is -0.0141. The highest BCUT2D eigenvalue weighted by molar-refractivity contribution is 5.47. The van der Waals surface area contributed by atoms with Gasteiger partial charge in [-0.15, -0.1) is 0 Å². The van der Waals surface area contributed by atoms with Gasteiger partial charge in [-0.1, -0.05) is 0 Å². The zero-order chi connectivity index (χ0) is 9.26. The summed E-state index contributed by atoms with van der Waals surface area (Å²) in [4.78, 5) is 0. The van der Waals surface area contributed by atoms with Crippen LogP contribution in [-0.2, 0) is 13.0 Å². The van der Waals surface area contributed by atoms with E-state index in [4.69, 9.17) is 14.6 Å². The molecule has 1 N–H and O–H groups in total. The van der Waals surface area contributed by atoms with Crippen molar-refractivity contribution < 1.29 is 14.6 Å². The Balaban J connectivity index is 2.47. The zero-order valence-corrected chi connectivity index (χ0v) is 7.54. The standard InChI is InChI=1S/C10H12O3/c1-12-9-4-7-2-3-13-10(7)5-8(9)6-11/h4-5,11H,2-3,6H2,1H3. The van der Waals surface area contributed by atoms with Gasteiger partial charge in [-0.05, 0) is 12.1 Å². The summed E-state index contributed by atoms with van der Waals surface area (Å²) >= 11 is 0. The third kappa shape index (κ3) is 1.35. The summed E-state index contributed by atoms with van der Waals surface area (Å²) in [5.41, 5.74) is 1.94. The number of rotatable bonds is 2. The van der Waals surface area contributed by atoms with Crippen LogP contribution in [0.3, 0.4) is 0 Å². The molecule has 3 heteroatoms. The highest BCUT2D eigenvalue weighted by atomic mass is 16.5. The summed E-state index contributed by atoms with van der Waals surface area (Å²) in [7, 11) is 1.61. The normalized spacial score (nSPS) is 13.7. The third-order valence-corrected chi connectivity index (χ3v) is 2.26. The van der Waals surface area contributed by atoms with Crippen LogP contribution in [0, 0.1) is 0 Å². The second-order valence-corrected chi connectivity index (χ2v) is 3.03. The van der Waals surface area contributed by atoms with Gasteiger partial charge in [0.1, 0.15) is 11.5 Å². The van der Waals surface area contributed by atoms with Gasteiger partial charge in [-0.25, -0.2) is 0 Å². The molecule has 0 amide bonds. The minimum absolute atomic E-state index is 0.0141. The first kappa shape index (κ1) is 8.38. The summed E-state index contributed by atoms with van der Waals surface area (Å²) < 4.78 is 10.5. The molecule has 3 nitrogen and oxygen atoms in total. The van der Waals surface area contributed by atoms with E-state index in [0.717, 1.165) is 35.7 Å². The minimum Gasteiger partial charge on any atom is -0.496 e. The van der Waals surface area contributed by atoms with Crippen molar-refractivity contribution in [2.24, 2.45) is 0 Å². The summed E-state index contributed by atoms with van der Waals surface area (Å²) in [6.45, 7) is 0.715. The van der Waals surface area contributed by atoms with Crippen molar-refractivity contribution >= 4 is 0 Å². The van der Waals surface area contributed by atoms with E-state index in [1.54, 1.807) is 7.11 Å². The Kier molecular flexibility index (Phi) is 2.10. The fourth-order valence-electron chi connectivity index (χ4n) is 1.56.